The lowest BCUT2D eigenvalue weighted by atomic mass is 10.1. The first-order valence-electron chi connectivity index (χ1n) is 8.14. The Morgan fingerprint density at radius 3 is 2.00 bits per heavy atom. The van der Waals surface area contributed by atoms with Gasteiger partial charge >= 0.3 is 0 Å². The standard InChI is InChI=1S/C18H31NO/c1-3-4-5-6-7-8-9-10-11-12-13-14-15-16-17-18(2)19-20/h8-11H,2-7,12-17H2,1H3/b9-8+,11-10-. The molecule has 0 atom stereocenters. The Morgan fingerprint density at radius 1 is 0.900 bits per heavy atom. The highest BCUT2D eigenvalue weighted by atomic mass is 16.3. The van der Waals surface area contributed by atoms with Gasteiger partial charge in [-0.2, -0.15) is 0 Å². The number of hydrogen-bond acceptors (Lipinski definition) is 2. The second-order valence-electron chi connectivity index (χ2n) is 5.32. The number of hydrogen-bond donors (Lipinski definition) is 0. The van der Waals surface area contributed by atoms with E-state index in [1.165, 1.54) is 44.9 Å². The van der Waals surface area contributed by atoms with Gasteiger partial charge in [0.2, 0.25) is 0 Å². The molecule has 20 heavy (non-hydrogen) atoms. The van der Waals surface area contributed by atoms with Gasteiger partial charge in [-0.1, -0.05) is 69.9 Å². The molecule has 0 spiro atoms. The lowest BCUT2D eigenvalue weighted by Crippen LogP contribution is -1.80. The monoisotopic (exact) mass is 277 g/mol. The van der Waals surface area contributed by atoms with Gasteiger partial charge in [0.15, 0.2) is 0 Å². The van der Waals surface area contributed by atoms with Gasteiger partial charge in [0.05, 0.1) is 5.70 Å². The van der Waals surface area contributed by atoms with Gasteiger partial charge in [-0.05, 0) is 43.7 Å². The normalized spacial score (nSPS) is 11.4. The zero-order valence-corrected chi connectivity index (χ0v) is 13.2. The second kappa shape index (κ2) is 15.9. The molecule has 0 N–H and O–H groups in total. The summed E-state index contributed by atoms with van der Waals surface area (Å²) in [5, 5.41) is 2.82. The maximum atomic E-state index is 10.1. The molecular formula is C18H31NO. The number of rotatable bonds is 14. The Kier molecular flexibility index (Phi) is 14.9. The van der Waals surface area contributed by atoms with Crippen molar-refractivity contribution in [1.82, 2.24) is 0 Å². The molecule has 0 aliphatic heterocycles. The third-order valence-corrected chi connectivity index (χ3v) is 3.32. The van der Waals surface area contributed by atoms with E-state index in [0.29, 0.717) is 5.70 Å². The van der Waals surface area contributed by atoms with Crippen molar-refractivity contribution in [2.24, 2.45) is 5.18 Å². The molecule has 0 aromatic carbocycles. The topological polar surface area (TPSA) is 29.4 Å². The highest BCUT2D eigenvalue weighted by Gasteiger charge is 1.93. The predicted molar refractivity (Wildman–Crippen MR) is 89.7 cm³/mol. The summed E-state index contributed by atoms with van der Waals surface area (Å²) >= 11 is 0. The average Bonchev–Trinajstić information content (AvgIpc) is 2.47. The minimum Gasteiger partial charge on any atom is -0.145 e. The van der Waals surface area contributed by atoms with E-state index in [1.54, 1.807) is 0 Å². The second-order valence-corrected chi connectivity index (χ2v) is 5.32. The van der Waals surface area contributed by atoms with Gasteiger partial charge in [0, 0.05) is 0 Å². The van der Waals surface area contributed by atoms with Crippen LogP contribution in [0.15, 0.2) is 41.8 Å². The molecule has 0 unspecified atom stereocenters. The quantitative estimate of drug-likeness (QED) is 0.197. The van der Waals surface area contributed by atoms with Crippen molar-refractivity contribution < 1.29 is 0 Å². The van der Waals surface area contributed by atoms with E-state index in [-0.39, 0.29) is 0 Å². The summed E-state index contributed by atoms with van der Waals surface area (Å²) in [6, 6.07) is 0. The Labute approximate surface area is 125 Å². The van der Waals surface area contributed by atoms with Gasteiger partial charge < -0.3 is 0 Å². The predicted octanol–water partition coefficient (Wildman–Crippen LogP) is 6.69. The van der Waals surface area contributed by atoms with Crippen LogP contribution in [-0.2, 0) is 0 Å². The minimum absolute atomic E-state index is 0.481. The molecule has 114 valence electrons. The van der Waals surface area contributed by atoms with E-state index in [0.717, 1.165) is 25.7 Å². The van der Waals surface area contributed by atoms with E-state index >= 15 is 0 Å². The summed E-state index contributed by atoms with van der Waals surface area (Å²) in [7, 11) is 0. The molecule has 0 bridgehead atoms. The number of allylic oxidation sites excluding steroid dienone is 5. The number of unbranched alkanes of at least 4 members (excludes halogenated alkanes) is 8. The van der Waals surface area contributed by atoms with Crippen molar-refractivity contribution in [1.29, 1.82) is 0 Å². The molecule has 0 aliphatic carbocycles. The van der Waals surface area contributed by atoms with Crippen LogP contribution in [0.5, 0.6) is 0 Å². The van der Waals surface area contributed by atoms with E-state index in [9.17, 15) is 4.91 Å². The lowest BCUT2D eigenvalue weighted by Gasteiger charge is -1.98. The van der Waals surface area contributed by atoms with Gasteiger partial charge in [0.1, 0.15) is 0 Å². The van der Waals surface area contributed by atoms with Crippen LogP contribution >= 0.6 is 0 Å². The largest absolute Gasteiger partial charge is 0.145 e. The molecule has 2 nitrogen and oxygen atoms in total. The van der Waals surface area contributed by atoms with Crippen LogP contribution in [0.4, 0.5) is 0 Å². The lowest BCUT2D eigenvalue weighted by molar-refractivity contribution is 0.643. The molecule has 0 fully saturated rings. The zero-order chi connectivity index (χ0) is 14.9. The Bertz CT molecular complexity index is 292. The highest BCUT2D eigenvalue weighted by molar-refractivity contribution is 5.02. The first kappa shape index (κ1) is 18.8. The van der Waals surface area contributed by atoms with Crippen molar-refractivity contribution in [2.75, 3.05) is 0 Å². The molecule has 0 aromatic heterocycles. The molecule has 0 heterocycles. The van der Waals surface area contributed by atoms with Crippen LogP contribution in [-0.4, -0.2) is 0 Å². The van der Waals surface area contributed by atoms with Crippen LogP contribution in [0.1, 0.15) is 77.6 Å². The Hall–Kier alpha value is -1.18. The summed E-state index contributed by atoms with van der Waals surface area (Å²) in [6.45, 7) is 5.82. The van der Waals surface area contributed by atoms with Crippen molar-refractivity contribution in [3.8, 4) is 0 Å². The molecule has 0 rings (SSSR count). The molecular weight excluding hydrogens is 246 g/mol. The van der Waals surface area contributed by atoms with Crippen LogP contribution in [0.2, 0.25) is 0 Å². The summed E-state index contributed by atoms with van der Waals surface area (Å²) < 4.78 is 0. The smallest absolute Gasteiger partial charge is 0.0777 e. The van der Waals surface area contributed by atoms with Gasteiger partial charge in [-0.3, -0.25) is 0 Å². The molecule has 0 saturated carbocycles. The maximum absolute atomic E-state index is 10.1. The first-order valence-corrected chi connectivity index (χ1v) is 8.14. The van der Waals surface area contributed by atoms with Crippen LogP contribution < -0.4 is 0 Å². The summed E-state index contributed by atoms with van der Waals surface area (Å²) in [5.74, 6) is 0. The maximum Gasteiger partial charge on any atom is 0.0777 e. The Morgan fingerprint density at radius 2 is 1.45 bits per heavy atom. The minimum atomic E-state index is 0.481. The molecule has 0 radical (unpaired) electrons. The fourth-order valence-electron chi connectivity index (χ4n) is 2.03. The van der Waals surface area contributed by atoms with Crippen molar-refractivity contribution in [3.63, 3.8) is 0 Å². The fourth-order valence-corrected chi connectivity index (χ4v) is 2.03. The van der Waals surface area contributed by atoms with Gasteiger partial charge in [-0.15, -0.1) is 4.91 Å². The zero-order valence-electron chi connectivity index (χ0n) is 13.2. The Balaban J connectivity index is 3.25. The van der Waals surface area contributed by atoms with Crippen molar-refractivity contribution in [2.45, 2.75) is 77.6 Å². The number of nitrogens with zero attached hydrogens (tertiary/aromatic N) is 1. The van der Waals surface area contributed by atoms with Gasteiger partial charge in [0.25, 0.3) is 0 Å². The van der Waals surface area contributed by atoms with Crippen molar-refractivity contribution in [3.05, 3.63) is 41.5 Å². The first-order chi connectivity index (χ1) is 9.81. The molecule has 0 aliphatic rings. The average molecular weight is 277 g/mol. The SMILES string of the molecule is C=C(CCCCCC/C=C\C=C\CCCCCC)N=O. The fraction of sp³-hybridized carbons (Fsp3) is 0.667. The highest BCUT2D eigenvalue weighted by Crippen LogP contribution is 2.10. The third-order valence-electron chi connectivity index (χ3n) is 3.32. The van der Waals surface area contributed by atoms with E-state index in [4.69, 9.17) is 0 Å². The third kappa shape index (κ3) is 14.9. The van der Waals surface area contributed by atoms with Crippen LogP contribution in [0.25, 0.3) is 0 Å². The van der Waals surface area contributed by atoms with Gasteiger partial charge in [-0.25, -0.2) is 0 Å². The van der Waals surface area contributed by atoms with Crippen LogP contribution in [0.3, 0.4) is 0 Å². The van der Waals surface area contributed by atoms with Crippen LogP contribution in [0, 0.1) is 4.91 Å². The summed E-state index contributed by atoms with van der Waals surface area (Å²) in [6.07, 6.45) is 21.9. The molecule has 0 amide bonds. The molecule has 0 aromatic rings. The van der Waals surface area contributed by atoms with E-state index in [2.05, 4.69) is 43.0 Å². The molecule has 0 saturated heterocycles. The van der Waals surface area contributed by atoms with E-state index < -0.39 is 0 Å². The number of nitroso groups, excluding NO2 is 1. The van der Waals surface area contributed by atoms with E-state index in [1.807, 2.05) is 0 Å². The van der Waals surface area contributed by atoms with Crippen molar-refractivity contribution >= 4 is 0 Å². The summed E-state index contributed by atoms with van der Waals surface area (Å²) in [5.41, 5.74) is 0.481. The summed E-state index contributed by atoms with van der Waals surface area (Å²) in [4.78, 5) is 10.1. The molecule has 2 heteroatoms.